The maximum absolute atomic E-state index is 11.4. The summed E-state index contributed by atoms with van der Waals surface area (Å²) in [5.74, 6) is -0.138. The fraction of sp³-hybridized carbons (Fsp3) is 0.727. The lowest BCUT2D eigenvalue weighted by Crippen LogP contribution is -2.19. The van der Waals surface area contributed by atoms with Crippen molar-refractivity contribution in [1.29, 1.82) is 0 Å². The highest BCUT2D eigenvalue weighted by Crippen LogP contribution is 2.35. The van der Waals surface area contributed by atoms with E-state index in [1.54, 1.807) is 0 Å². The summed E-state index contributed by atoms with van der Waals surface area (Å²) in [5.41, 5.74) is 0. The first-order chi connectivity index (χ1) is 9.32. The molecule has 0 saturated heterocycles. The molecule has 0 amide bonds. The molecule has 1 saturated carbocycles. The fourth-order valence-corrected chi connectivity index (χ4v) is 3.38. The number of aromatic nitrogens is 2. The minimum absolute atomic E-state index is 0.00269. The van der Waals surface area contributed by atoms with Gasteiger partial charge in [0.1, 0.15) is 0 Å². The standard InChI is InChI=1S/C11H18N4O4S/c1-2-8-4-3-5-9(6-8)14-7-10(20(12,18)19)11(13-14)15(16)17/h7-9H,2-6H2,1H3,(H2,12,18,19). The Balaban J connectivity index is 2.36. The molecule has 0 bridgehead atoms. The molecule has 2 atom stereocenters. The summed E-state index contributed by atoms with van der Waals surface area (Å²) in [4.78, 5) is 9.57. The van der Waals surface area contributed by atoms with Crippen LogP contribution in [0.4, 0.5) is 5.82 Å². The van der Waals surface area contributed by atoms with Gasteiger partial charge in [-0.05, 0) is 23.7 Å². The van der Waals surface area contributed by atoms with Crippen LogP contribution in [0.25, 0.3) is 0 Å². The third kappa shape index (κ3) is 2.98. The molecule has 8 nitrogen and oxygen atoms in total. The normalized spacial score (nSPS) is 23.7. The predicted molar refractivity (Wildman–Crippen MR) is 71.5 cm³/mol. The van der Waals surface area contributed by atoms with Crippen molar-refractivity contribution in [3.8, 4) is 0 Å². The second kappa shape index (κ2) is 5.49. The molecule has 1 heterocycles. The van der Waals surface area contributed by atoms with Gasteiger partial charge in [0.15, 0.2) is 0 Å². The van der Waals surface area contributed by atoms with Crippen LogP contribution in [-0.2, 0) is 10.0 Å². The number of nitrogens with two attached hydrogens (primary N) is 1. The van der Waals surface area contributed by atoms with Gasteiger partial charge in [-0.3, -0.25) is 0 Å². The molecule has 2 unspecified atom stereocenters. The van der Waals surface area contributed by atoms with Gasteiger partial charge in [-0.15, -0.1) is 0 Å². The highest BCUT2D eigenvalue weighted by Gasteiger charge is 2.32. The minimum Gasteiger partial charge on any atom is -0.358 e. The summed E-state index contributed by atoms with van der Waals surface area (Å²) in [6.45, 7) is 2.11. The van der Waals surface area contributed by atoms with Crippen molar-refractivity contribution >= 4 is 15.8 Å². The molecule has 1 fully saturated rings. The van der Waals surface area contributed by atoms with Gasteiger partial charge < -0.3 is 10.1 Å². The van der Waals surface area contributed by atoms with Gasteiger partial charge >= 0.3 is 5.82 Å². The number of sulfonamides is 1. The summed E-state index contributed by atoms with van der Waals surface area (Å²) in [5, 5.41) is 19.7. The highest BCUT2D eigenvalue weighted by atomic mass is 32.2. The topological polar surface area (TPSA) is 121 Å². The monoisotopic (exact) mass is 302 g/mol. The Morgan fingerprint density at radius 2 is 2.25 bits per heavy atom. The zero-order valence-electron chi connectivity index (χ0n) is 11.2. The summed E-state index contributed by atoms with van der Waals surface area (Å²) in [6, 6.07) is 0.00269. The second-order valence-electron chi connectivity index (χ2n) is 5.19. The van der Waals surface area contributed by atoms with Gasteiger partial charge in [-0.25, -0.2) is 13.6 Å². The number of nitro groups is 1. The molecule has 0 aromatic carbocycles. The van der Waals surface area contributed by atoms with E-state index in [1.165, 1.54) is 10.9 Å². The summed E-state index contributed by atoms with van der Waals surface area (Å²) < 4.78 is 24.2. The molecule has 9 heteroatoms. The van der Waals surface area contributed by atoms with E-state index >= 15 is 0 Å². The van der Waals surface area contributed by atoms with Crippen molar-refractivity contribution in [3.63, 3.8) is 0 Å². The quantitative estimate of drug-likeness (QED) is 0.668. The Morgan fingerprint density at radius 3 is 2.75 bits per heavy atom. The molecule has 20 heavy (non-hydrogen) atoms. The molecule has 0 spiro atoms. The molecule has 0 aliphatic heterocycles. The SMILES string of the molecule is CCC1CCCC(n2cc(S(N)(=O)=O)c([N+](=O)[O-])n2)C1. The number of primary sulfonamides is 1. The molecular weight excluding hydrogens is 284 g/mol. The Labute approximate surface area is 117 Å². The number of nitrogens with zero attached hydrogens (tertiary/aromatic N) is 3. The second-order valence-corrected chi connectivity index (χ2v) is 6.72. The lowest BCUT2D eigenvalue weighted by atomic mass is 9.84. The van der Waals surface area contributed by atoms with E-state index in [4.69, 9.17) is 5.14 Å². The molecule has 2 rings (SSSR count). The summed E-state index contributed by atoms with van der Waals surface area (Å²) in [6.07, 6.45) is 6.09. The molecule has 1 aliphatic rings. The molecule has 1 aromatic rings. The van der Waals surface area contributed by atoms with Crippen LogP contribution < -0.4 is 5.14 Å². The summed E-state index contributed by atoms with van der Waals surface area (Å²) >= 11 is 0. The minimum atomic E-state index is -4.14. The fourth-order valence-electron chi connectivity index (χ4n) is 2.75. The van der Waals surface area contributed by atoms with Gasteiger partial charge in [0.05, 0.1) is 17.3 Å². The molecular formula is C11H18N4O4S. The van der Waals surface area contributed by atoms with Gasteiger partial charge in [-0.1, -0.05) is 26.2 Å². The lowest BCUT2D eigenvalue weighted by molar-refractivity contribution is -0.392. The predicted octanol–water partition coefficient (Wildman–Crippen LogP) is 1.58. The Bertz CT molecular complexity index is 610. The third-order valence-corrected chi connectivity index (χ3v) is 4.77. The maximum atomic E-state index is 11.4. The van der Waals surface area contributed by atoms with E-state index in [2.05, 4.69) is 12.0 Å². The number of hydrogen-bond donors (Lipinski definition) is 1. The average Bonchev–Trinajstić information content (AvgIpc) is 2.84. The molecule has 0 radical (unpaired) electrons. The Morgan fingerprint density at radius 1 is 1.55 bits per heavy atom. The van der Waals surface area contributed by atoms with E-state index in [1.807, 2.05) is 0 Å². The highest BCUT2D eigenvalue weighted by molar-refractivity contribution is 7.89. The van der Waals surface area contributed by atoms with Gasteiger partial charge in [-0.2, -0.15) is 4.68 Å². The van der Waals surface area contributed by atoms with E-state index in [9.17, 15) is 18.5 Å². The average molecular weight is 302 g/mol. The van der Waals surface area contributed by atoms with E-state index < -0.39 is 25.7 Å². The molecule has 1 aliphatic carbocycles. The molecule has 112 valence electrons. The van der Waals surface area contributed by atoms with Crippen molar-refractivity contribution in [3.05, 3.63) is 16.3 Å². The summed E-state index contributed by atoms with van der Waals surface area (Å²) in [7, 11) is -4.14. The van der Waals surface area contributed by atoms with Crippen molar-refractivity contribution in [2.24, 2.45) is 11.1 Å². The van der Waals surface area contributed by atoms with Crippen LogP contribution in [0.3, 0.4) is 0 Å². The number of rotatable bonds is 4. The Hall–Kier alpha value is -1.48. The van der Waals surface area contributed by atoms with Crippen LogP contribution >= 0.6 is 0 Å². The van der Waals surface area contributed by atoms with E-state index in [-0.39, 0.29) is 6.04 Å². The zero-order valence-corrected chi connectivity index (χ0v) is 12.0. The largest absolute Gasteiger partial charge is 0.410 e. The van der Waals surface area contributed by atoms with Crippen molar-refractivity contribution < 1.29 is 13.3 Å². The van der Waals surface area contributed by atoms with Crippen molar-refractivity contribution in [2.75, 3.05) is 0 Å². The first-order valence-corrected chi connectivity index (χ1v) is 8.14. The van der Waals surface area contributed by atoms with E-state index in [0.29, 0.717) is 5.92 Å². The zero-order chi connectivity index (χ0) is 14.9. The first kappa shape index (κ1) is 14.9. The lowest BCUT2D eigenvalue weighted by Gasteiger charge is -2.26. The van der Waals surface area contributed by atoms with Crippen LogP contribution in [0.5, 0.6) is 0 Å². The third-order valence-electron chi connectivity index (χ3n) is 3.87. The van der Waals surface area contributed by atoms with Crippen molar-refractivity contribution in [2.45, 2.75) is 50.0 Å². The first-order valence-electron chi connectivity index (χ1n) is 6.59. The van der Waals surface area contributed by atoms with Gasteiger partial charge in [0.2, 0.25) is 14.9 Å². The van der Waals surface area contributed by atoms with Crippen LogP contribution in [0, 0.1) is 16.0 Å². The van der Waals surface area contributed by atoms with Crippen LogP contribution in [0.1, 0.15) is 45.1 Å². The van der Waals surface area contributed by atoms with Gasteiger partial charge in [0.25, 0.3) is 0 Å². The molecule has 1 aromatic heterocycles. The van der Waals surface area contributed by atoms with Crippen LogP contribution in [0.15, 0.2) is 11.1 Å². The van der Waals surface area contributed by atoms with Crippen molar-refractivity contribution in [1.82, 2.24) is 9.78 Å². The smallest absolute Gasteiger partial charge is 0.358 e. The number of hydrogen-bond acceptors (Lipinski definition) is 5. The molecule has 2 N–H and O–H groups in total. The van der Waals surface area contributed by atoms with Gasteiger partial charge in [0, 0.05) is 0 Å². The Kier molecular flexibility index (Phi) is 4.09. The van der Waals surface area contributed by atoms with Crippen LogP contribution in [0.2, 0.25) is 0 Å². The van der Waals surface area contributed by atoms with Crippen LogP contribution in [-0.4, -0.2) is 23.1 Å². The van der Waals surface area contributed by atoms with E-state index in [0.717, 1.165) is 32.1 Å². The maximum Gasteiger partial charge on any atom is 0.410 e.